The van der Waals surface area contributed by atoms with E-state index >= 15 is 0 Å². The quantitative estimate of drug-likeness (QED) is 0.737. The molecule has 0 atom stereocenters. The van der Waals surface area contributed by atoms with Gasteiger partial charge >= 0.3 is 0 Å². The van der Waals surface area contributed by atoms with E-state index in [4.69, 9.17) is 0 Å². The molecule has 3 aromatic rings. The zero-order valence-electron chi connectivity index (χ0n) is 14.7. The third-order valence-corrected chi connectivity index (χ3v) is 4.21. The summed E-state index contributed by atoms with van der Waals surface area (Å²) in [7, 11) is 0. The first-order valence-corrected chi connectivity index (χ1v) is 8.47. The molecule has 0 radical (unpaired) electrons. The smallest absolute Gasteiger partial charge is 0.167 e. The van der Waals surface area contributed by atoms with Crippen molar-refractivity contribution in [2.45, 2.75) is 33.2 Å². The Morgan fingerprint density at radius 2 is 2.08 bits per heavy atom. The second-order valence-electron chi connectivity index (χ2n) is 5.78. The first-order chi connectivity index (χ1) is 12.7. The third-order valence-electron chi connectivity index (χ3n) is 4.21. The topological polar surface area (TPSA) is 79.4 Å². The molecule has 26 heavy (non-hydrogen) atoms. The van der Waals surface area contributed by atoms with E-state index in [-0.39, 0.29) is 5.82 Å². The highest BCUT2D eigenvalue weighted by Gasteiger charge is 2.14. The van der Waals surface area contributed by atoms with E-state index in [2.05, 4.69) is 26.6 Å². The van der Waals surface area contributed by atoms with Gasteiger partial charge in [0.1, 0.15) is 17.4 Å². The van der Waals surface area contributed by atoms with Crippen LogP contribution >= 0.6 is 0 Å². The zero-order valence-corrected chi connectivity index (χ0v) is 14.7. The van der Waals surface area contributed by atoms with Crippen molar-refractivity contribution in [2.24, 2.45) is 0 Å². The predicted octanol–water partition coefficient (Wildman–Crippen LogP) is 3.41. The molecule has 2 heterocycles. The van der Waals surface area contributed by atoms with Gasteiger partial charge in [-0.25, -0.2) is 9.37 Å². The second kappa shape index (κ2) is 7.74. The minimum atomic E-state index is -0.343. The molecule has 0 aliphatic carbocycles. The van der Waals surface area contributed by atoms with Gasteiger partial charge in [0.05, 0.1) is 17.7 Å². The van der Waals surface area contributed by atoms with Crippen molar-refractivity contribution in [1.29, 1.82) is 5.26 Å². The van der Waals surface area contributed by atoms with E-state index < -0.39 is 0 Å². The summed E-state index contributed by atoms with van der Waals surface area (Å²) in [4.78, 5) is 3.93. The van der Waals surface area contributed by atoms with Gasteiger partial charge in [-0.05, 0) is 36.1 Å². The molecule has 6 nitrogen and oxygen atoms in total. The maximum atomic E-state index is 14.3. The van der Waals surface area contributed by atoms with Crippen LogP contribution in [0.4, 0.5) is 10.2 Å². The number of aromatic nitrogens is 4. The van der Waals surface area contributed by atoms with Crippen LogP contribution in [0, 0.1) is 17.1 Å². The first-order valence-electron chi connectivity index (χ1n) is 8.47. The SMILES string of the molecule is CCc1nnc(NCc2ccc(-n3ccnc3)c(F)c2)c(C#N)c1CC. The Bertz CT molecular complexity index is 943. The number of nitrogens with zero attached hydrogens (tertiary/aromatic N) is 5. The minimum Gasteiger partial charge on any atom is -0.363 e. The first kappa shape index (κ1) is 17.5. The van der Waals surface area contributed by atoms with Crippen LogP contribution in [0.25, 0.3) is 5.69 Å². The second-order valence-corrected chi connectivity index (χ2v) is 5.78. The highest BCUT2D eigenvalue weighted by Crippen LogP contribution is 2.21. The summed E-state index contributed by atoms with van der Waals surface area (Å²) in [6, 6.07) is 7.20. The maximum absolute atomic E-state index is 14.3. The van der Waals surface area contributed by atoms with Crippen LogP contribution in [0.15, 0.2) is 36.9 Å². The Hall–Kier alpha value is -3.27. The van der Waals surface area contributed by atoms with Gasteiger partial charge in [0.15, 0.2) is 5.82 Å². The Balaban J connectivity index is 1.81. The van der Waals surface area contributed by atoms with Gasteiger partial charge in [-0.3, -0.25) is 0 Å². The molecule has 132 valence electrons. The molecule has 1 aromatic carbocycles. The summed E-state index contributed by atoms with van der Waals surface area (Å²) < 4.78 is 16.0. The number of halogens is 1. The van der Waals surface area contributed by atoms with Crippen molar-refractivity contribution < 1.29 is 4.39 Å². The number of aryl methyl sites for hydroxylation is 1. The fraction of sp³-hybridized carbons (Fsp3) is 0.263. The lowest BCUT2D eigenvalue weighted by atomic mass is 10.0. The van der Waals surface area contributed by atoms with Crippen LogP contribution < -0.4 is 5.32 Å². The van der Waals surface area contributed by atoms with E-state index in [1.807, 2.05) is 19.9 Å². The van der Waals surface area contributed by atoms with Crippen LogP contribution in [0.5, 0.6) is 0 Å². The van der Waals surface area contributed by atoms with Gasteiger partial charge in [-0.1, -0.05) is 19.9 Å². The summed E-state index contributed by atoms with van der Waals surface area (Å²) in [5.41, 5.74) is 3.44. The van der Waals surface area contributed by atoms with Crippen molar-refractivity contribution in [3.05, 3.63) is 65.1 Å². The fourth-order valence-electron chi connectivity index (χ4n) is 2.87. The third kappa shape index (κ3) is 3.40. The lowest BCUT2D eigenvalue weighted by Crippen LogP contribution is -2.10. The largest absolute Gasteiger partial charge is 0.363 e. The molecule has 0 saturated carbocycles. The molecule has 0 aliphatic rings. The van der Waals surface area contributed by atoms with Crippen molar-refractivity contribution in [2.75, 3.05) is 5.32 Å². The molecule has 0 fully saturated rings. The highest BCUT2D eigenvalue weighted by molar-refractivity contribution is 5.56. The monoisotopic (exact) mass is 350 g/mol. The molecular formula is C19H19FN6. The molecule has 0 saturated heterocycles. The van der Waals surface area contributed by atoms with Crippen molar-refractivity contribution in [3.8, 4) is 11.8 Å². The summed E-state index contributed by atoms with van der Waals surface area (Å²) in [6.45, 7) is 4.33. The lowest BCUT2D eigenvalue weighted by Gasteiger charge is -2.12. The summed E-state index contributed by atoms with van der Waals surface area (Å²) in [5.74, 6) is 0.0881. The number of imidazole rings is 1. The Labute approximate surface area is 151 Å². The Morgan fingerprint density at radius 1 is 1.23 bits per heavy atom. The number of hydrogen-bond acceptors (Lipinski definition) is 5. The van der Waals surface area contributed by atoms with E-state index in [1.165, 1.54) is 6.07 Å². The molecule has 0 unspecified atom stereocenters. The van der Waals surface area contributed by atoms with Crippen LogP contribution in [0.1, 0.15) is 36.2 Å². The molecule has 0 spiro atoms. The number of anilines is 1. The summed E-state index contributed by atoms with van der Waals surface area (Å²) in [6.07, 6.45) is 6.28. The number of nitrogens with one attached hydrogen (secondary N) is 1. The fourth-order valence-corrected chi connectivity index (χ4v) is 2.87. The standard InChI is InChI=1S/C19H19FN6/c1-3-14-15(10-21)19(25-24-17(14)4-2)23-11-13-5-6-18(16(20)9-13)26-8-7-22-12-26/h5-9,12H,3-4,11H2,1-2H3,(H,23,25). The summed E-state index contributed by atoms with van der Waals surface area (Å²) >= 11 is 0. The zero-order chi connectivity index (χ0) is 18.5. The molecule has 3 rings (SSSR count). The van der Waals surface area contributed by atoms with E-state index in [9.17, 15) is 9.65 Å². The highest BCUT2D eigenvalue weighted by atomic mass is 19.1. The molecule has 0 bridgehead atoms. The normalized spacial score (nSPS) is 10.5. The average Bonchev–Trinajstić information content (AvgIpc) is 3.19. The average molecular weight is 350 g/mol. The van der Waals surface area contributed by atoms with Gasteiger partial charge in [-0.2, -0.15) is 10.4 Å². The number of benzene rings is 1. The molecule has 2 aromatic heterocycles. The van der Waals surface area contributed by atoms with Gasteiger partial charge in [-0.15, -0.1) is 5.10 Å². The number of rotatable bonds is 6. The molecule has 7 heteroatoms. The van der Waals surface area contributed by atoms with Crippen molar-refractivity contribution in [1.82, 2.24) is 19.7 Å². The molecule has 0 aliphatic heterocycles. The van der Waals surface area contributed by atoms with Crippen LogP contribution in [0.2, 0.25) is 0 Å². The molecule has 0 amide bonds. The van der Waals surface area contributed by atoms with E-state index in [0.717, 1.165) is 23.2 Å². The van der Waals surface area contributed by atoms with Crippen molar-refractivity contribution in [3.63, 3.8) is 0 Å². The molecule has 1 N–H and O–H groups in total. The van der Waals surface area contributed by atoms with Gasteiger partial charge in [0.2, 0.25) is 0 Å². The Kier molecular flexibility index (Phi) is 5.23. The van der Waals surface area contributed by atoms with Crippen LogP contribution in [-0.2, 0) is 19.4 Å². The predicted molar refractivity (Wildman–Crippen MR) is 96.4 cm³/mol. The molecular weight excluding hydrogens is 331 g/mol. The summed E-state index contributed by atoms with van der Waals surface area (Å²) in [5, 5.41) is 21.0. The van der Waals surface area contributed by atoms with Crippen LogP contribution in [0.3, 0.4) is 0 Å². The number of nitriles is 1. The van der Waals surface area contributed by atoms with Gasteiger partial charge in [0.25, 0.3) is 0 Å². The van der Waals surface area contributed by atoms with Crippen LogP contribution in [-0.4, -0.2) is 19.7 Å². The maximum Gasteiger partial charge on any atom is 0.167 e. The van der Waals surface area contributed by atoms with E-state index in [0.29, 0.717) is 30.0 Å². The van der Waals surface area contributed by atoms with Crippen molar-refractivity contribution >= 4 is 5.82 Å². The minimum absolute atomic E-state index is 0.343. The Morgan fingerprint density at radius 3 is 2.69 bits per heavy atom. The van der Waals surface area contributed by atoms with E-state index in [1.54, 1.807) is 29.4 Å². The number of hydrogen-bond donors (Lipinski definition) is 1. The van der Waals surface area contributed by atoms with Gasteiger partial charge < -0.3 is 9.88 Å². The lowest BCUT2D eigenvalue weighted by molar-refractivity contribution is 0.616. The van der Waals surface area contributed by atoms with Gasteiger partial charge in [0, 0.05) is 18.9 Å².